The molecule has 2 aliphatic rings. The molecule has 1 fully saturated rings. The molecule has 0 bridgehead atoms. The topological polar surface area (TPSA) is 99.6 Å². The monoisotopic (exact) mass is 411 g/mol. The van der Waals surface area contributed by atoms with Gasteiger partial charge in [-0.2, -0.15) is 0 Å². The maximum atomic E-state index is 12.5. The molecule has 0 radical (unpaired) electrons. The molecule has 1 aromatic carbocycles. The van der Waals surface area contributed by atoms with Gasteiger partial charge in [0.05, 0.1) is 12.2 Å². The van der Waals surface area contributed by atoms with Gasteiger partial charge in [-0.3, -0.25) is 9.69 Å². The molecule has 3 N–H and O–H groups in total. The van der Waals surface area contributed by atoms with Crippen LogP contribution in [-0.4, -0.2) is 70.9 Å². The molecule has 0 spiro atoms. The van der Waals surface area contributed by atoms with Crippen molar-refractivity contribution in [2.24, 2.45) is 0 Å². The fourth-order valence-electron chi connectivity index (χ4n) is 4.02. The second-order valence-electron chi connectivity index (χ2n) is 8.08. The molecule has 1 saturated carbocycles. The van der Waals surface area contributed by atoms with Gasteiger partial charge in [-0.1, -0.05) is 24.3 Å². The van der Waals surface area contributed by atoms with Crippen molar-refractivity contribution in [3.05, 3.63) is 53.5 Å². The predicted octanol–water partition coefficient (Wildman–Crippen LogP) is 1.21. The minimum Gasteiger partial charge on any atom is -0.390 e. The lowest BCUT2D eigenvalue weighted by Crippen LogP contribution is -2.42. The van der Waals surface area contributed by atoms with E-state index in [1.54, 1.807) is 13.2 Å². The third-order valence-corrected chi connectivity index (χ3v) is 5.86. The zero-order valence-electron chi connectivity index (χ0n) is 17.3. The van der Waals surface area contributed by atoms with Crippen LogP contribution in [-0.2, 0) is 17.7 Å². The Bertz CT molecular complexity index is 871. The number of hydrogen-bond acceptors (Lipinski definition) is 7. The van der Waals surface area contributed by atoms with Crippen molar-refractivity contribution in [2.45, 2.75) is 44.1 Å². The van der Waals surface area contributed by atoms with Gasteiger partial charge in [-0.05, 0) is 30.4 Å². The normalized spacial score (nSPS) is 21.9. The van der Waals surface area contributed by atoms with Crippen LogP contribution < -0.4 is 10.6 Å². The zero-order valence-corrected chi connectivity index (χ0v) is 17.3. The van der Waals surface area contributed by atoms with Crippen LogP contribution in [0.2, 0.25) is 0 Å². The highest BCUT2D eigenvalue weighted by molar-refractivity contribution is 5.92. The van der Waals surface area contributed by atoms with E-state index in [-0.39, 0.29) is 18.1 Å². The van der Waals surface area contributed by atoms with Crippen molar-refractivity contribution in [3.63, 3.8) is 0 Å². The summed E-state index contributed by atoms with van der Waals surface area (Å²) in [5.74, 6) is 0.314. The van der Waals surface area contributed by atoms with Gasteiger partial charge in [-0.25, -0.2) is 9.97 Å². The fraction of sp³-hybridized carbons (Fsp3) is 0.500. The summed E-state index contributed by atoms with van der Waals surface area (Å²) in [5, 5.41) is 16.5. The first-order valence-electron chi connectivity index (χ1n) is 10.5. The van der Waals surface area contributed by atoms with Crippen LogP contribution in [0.15, 0.2) is 36.7 Å². The van der Waals surface area contributed by atoms with Crippen LogP contribution in [0.4, 0.5) is 5.82 Å². The first-order chi connectivity index (χ1) is 14.6. The second kappa shape index (κ2) is 9.51. The molecular formula is C22H29N5O3. The van der Waals surface area contributed by atoms with Gasteiger partial charge >= 0.3 is 0 Å². The molecule has 8 heteroatoms. The van der Waals surface area contributed by atoms with E-state index < -0.39 is 6.10 Å². The van der Waals surface area contributed by atoms with Gasteiger partial charge in [0, 0.05) is 45.4 Å². The summed E-state index contributed by atoms with van der Waals surface area (Å²) in [7, 11) is 1.71. The predicted molar refractivity (Wildman–Crippen MR) is 113 cm³/mol. The van der Waals surface area contributed by atoms with Gasteiger partial charge < -0.3 is 20.5 Å². The Morgan fingerprint density at radius 1 is 1.30 bits per heavy atom. The van der Waals surface area contributed by atoms with E-state index in [0.29, 0.717) is 24.5 Å². The van der Waals surface area contributed by atoms with Gasteiger partial charge in [0.25, 0.3) is 5.91 Å². The van der Waals surface area contributed by atoms with Crippen LogP contribution in [0.5, 0.6) is 0 Å². The lowest BCUT2D eigenvalue weighted by Gasteiger charge is -2.34. The second-order valence-corrected chi connectivity index (χ2v) is 8.08. The van der Waals surface area contributed by atoms with E-state index in [9.17, 15) is 9.90 Å². The number of carbonyl (C=O) groups excluding carboxylic acids is 1. The van der Waals surface area contributed by atoms with E-state index in [1.807, 2.05) is 6.07 Å². The Hall–Kier alpha value is -2.55. The molecule has 8 nitrogen and oxygen atoms in total. The van der Waals surface area contributed by atoms with Crippen molar-refractivity contribution in [2.75, 3.05) is 32.1 Å². The molecule has 1 aliphatic heterocycles. The number of hydrogen-bond donors (Lipinski definition) is 3. The maximum Gasteiger partial charge on any atom is 0.270 e. The SMILES string of the molecule is COC1CC(Nc2cc(C(=O)NCC(O)CN3CCc4ccccc4C3)ncn2)C1. The van der Waals surface area contributed by atoms with Crippen LogP contribution in [0.3, 0.4) is 0 Å². The molecule has 30 heavy (non-hydrogen) atoms. The maximum absolute atomic E-state index is 12.5. The third-order valence-electron chi connectivity index (χ3n) is 5.86. The third kappa shape index (κ3) is 5.13. The molecular weight excluding hydrogens is 382 g/mol. The van der Waals surface area contributed by atoms with Crippen LogP contribution in [0.1, 0.15) is 34.5 Å². The Labute approximate surface area is 176 Å². The molecule has 1 amide bonds. The van der Waals surface area contributed by atoms with E-state index in [2.05, 4.69) is 43.7 Å². The number of aromatic nitrogens is 2. The minimum atomic E-state index is -0.639. The van der Waals surface area contributed by atoms with E-state index in [0.717, 1.165) is 32.4 Å². The first kappa shape index (κ1) is 20.7. The van der Waals surface area contributed by atoms with Crippen molar-refractivity contribution in [1.29, 1.82) is 0 Å². The summed E-state index contributed by atoms with van der Waals surface area (Å²) in [6, 6.07) is 10.4. The van der Waals surface area contributed by atoms with Gasteiger partial charge in [0.15, 0.2) is 0 Å². The molecule has 2 heterocycles. The Kier molecular flexibility index (Phi) is 6.56. The number of aliphatic hydroxyl groups is 1. The number of nitrogens with one attached hydrogen (secondary N) is 2. The van der Waals surface area contributed by atoms with Crippen LogP contribution in [0.25, 0.3) is 0 Å². The fourth-order valence-corrected chi connectivity index (χ4v) is 4.02. The molecule has 1 unspecified atom stereocenters. The largest absolute Gasteiger partial charge is 0.390 e. The number of ether oxygens (including phenoxy) is 1. The van der Waals surface area contributed by atoms with Crippen LogP contribution >= 0.6 is 0 Å². The summed E-state index contributed by atoms with van der Waals surface area (Å²) < 4.78 is 5.28. The highest BCUT2D eigenvalue weighted by atomic mass is 16.5. The van der Waals surface area contributed by atoms with Gasteiger partial charge in [0.1, 0.15) is 17.8 Å². The van der Waals surface area contributed by atoms with Crippen molar-refractivity contribution >= 4 is 11.7 Å². The highest BCUT2D eigenvalue weighted by Gasteiger charge is 2.29. The van der Waals surface area contributed by atoms with Crippen molar-refractivity contribution in [1.82, 2.24) is 20.2 Å². The molecule has 2 aromatic rings. The lowest BCUT2D eigenvalue weighted by molar-refractivity contribution is 0.0328. The number of rotatable bonds is 8. The minimum absolute atomic E-state index is 0.182. The molecule has 160 valence electrons. The average molecular weight is 412 g/mol. The molecule has 1 aliphatic carbocycles. The smallest absolute Gasteiger partial charge is 0.270 e. The molecule has 4 rings (SSSR count). The number of anilines is 1. The van der Waals surface area contributed by atoms with E-state index in [4.69, 9.17) is 4.74 Å². The van der Waals surface area contributed by atoms with E-state index in [1.165, 1.54) is 17.5 Å². The zero-order chi connectivity index (χ0) is 20.9. The highest BCUT2D eigenvalue weighted by Crippen LogP contribution is 2.25. The number of carbonyl (C=O) groups is 1. The summed E-state index contributed by atoms with van der Waals surface area (Å²) in [5.41, 5.74) is 2.97. The number of amides is 1. The summed E-state index contributed by atoms with van der Waals surface area (Å²) >= 11 is 0. The number of aliphatic hydroxyl groups excluding tert-OH is 1. The van der Waals surface area contributed by atoms with Crippen molar-refractivity contribution < 1.29 is 14.6 Å². The number of β-amino-alcohol motifs (C(OH)–C–C–N with tert-alkyl or cyclic N) is 1. The summed E-state index contributed by atoms with van der Waals surface area (Å²) in [6.45, 7) is 2.44. The number of benzene rings is 1. The quantitative estimate of drug-likeness (QED) is 0.600. The molecule has 1 atom stereocenters. The molecule has 1 aromatic heterocycles. The van der Waals surface area contributed by atoms with Gasteiger partial charge in [0.2, 0.25) is 0 Å². The van der Waals surface area contributed by atoms with E-state index >= 15 is 0 Å². The Balaban J connectivity index is 1.23. The Morgan fingerprint density at radius 2 is 2.10 bits per heavy atom. The molecule has 0 saturated heterocycles. The number of fused-ring (bicyclic) bond motifs is 1. The van der Waals surface area contributed by atoms with Gasteiger partial charge in [-0.15, -0.1) is 0 Å². The standard InChI is InChI=1S/C22H29N5O3/c1-30-19-8-17(9-19)26-21-10-20(24-14-25-21)22(29)23-11-18(28)13-27-7-6-15-4-2-3-5-16(15)12-27/h2-5,10,14,17-19,28H,6-9,11-13H2,1H3,(H,23,29)(H,24,25,26). The summed E-state index contributed by atoms with van der Waals surface area (Å²) in [6.07, 6.45) is 3.87. The number of nitrogens with zero attached hydrogens (tertiary/aromatic N) is 3. The Morgan fingerprint density at radius 3 is 2.90 bits per heavy atom. The average Bonchev–Trinajstić information content (AvgIpc) is 2.74. The lowest BCUT2D eigenvalue weighted by atomic mass is 9.89. The van der Waals surface area contributed by atoms with Crippen LogP contribution in [0, 0.1) is 0 Å². The summed E-state index contributed by atoms with van der Waals surface area (Å²) in [4.78, 5) is 22.9. The number of methoxy groups -OCH3 is 1. The van der Waals surface area contributed by atoms with Crippen molar-refractivity contribution in [3.8, 4) is 0 Å². The first-order valence-corrected chi connectivity index (χ1v) is 10.5.